The summed E-state index contributed by atoms with van der Waals surface area (Å²) in [5.41, 5.74) is 16.6. The van der Waals surface area contributed by atoms with Gasteiger partial charge in [0.25, 0.3) is 0 Å². The summed E-state index contributed by atoms with van der Waals surface area (Å²) in [5.74, 6) is 0. The van der Waals surface area contributed by atoms with Gasteiger partial charge in [0.1, 0.15) is 11.2 Å². The zero-order chi connectivity index (χ0) is 45.5. The van der Waals surface area contributed by atoms with Gasteiger partial charge in [-0.2, -0.15) is 0 Å². The van der Waals surface area contributed by atoms with E-state index in [1.165, 1.54) is 76.8 Å². The predicted molar refractivity (Wildman–Crippen MR) is 289 cm³/mol. The molecule has 0 saturated carbocycles. The van der Waals surface area contributed by atoms with Crippen molar-refractivity contribution in [1.29, 1.82) is 0 Å². The normalized spacial score (nSPS) is 12.8. The largest absolute Gasteiger partial charge is 0.456 e. The molecule has 0 radical (unpaired) electrons. The molecule has 69 heavy (non-hydrogen) atoms. The molecule has 1 aliphatic carbocycles. The summed E-state index contributed by atoms with van der Waals surface area (Å²) in [6, 6.07) is 95.8. The van der Waals surface area contributed by atoms with Crippen LogP contribution in [0.4, 0.5) is 17.1 Å². The molecular formula is C67H43NO. The zero-order valence-corrected chi connectivity index (χ0v) is 37.7. The van der Waals surface area contributed by atoms with Crippen molar-refractivity contribution in [2.24, 2.45) is 0 Å². The average molecular weight is 878 g/mol. The Morgan fingerprint density at radius 2 is 0.870 bits per heavy atom. The van der Waals surface area contributed by atoms with Gasteiger partial charge in [-0.15, -0.1) is 0 Å². The topological polar surface area (TPSA) is 16.4 Å². The fraction of sp³-hybridized carbons (Fsp3) is 0.0149. The van der Waals surface area contributed by atoms with Crippen molar-refractivity contribution in [2.45, 2.75) is 5.41 Å². The lowest BCUT2D eigenvalue weighted by atomic mass is 9.68. The minimum absolute atomic E-state index is 0.547. The highest BCUT2D eigenvalue weighted by Gasteiger charge is 2.47. The lowest BCUT2D eigenvalue weighted by molar-refractivity contribution is 0.669. The van der Waals surface area contributed by atoms with Crippen molar-refractivity contribution in [2.75, 3.05) is 4.90 Å². The Morgan fingerprint density at radius 1 is 0.304 bits per heavy atom. The van der Waals surface area contributed by atoms with Gasteiger partial charge in [0, 0.05) is 27.6 Å². The molecule has 0 atom stereocenters. The van der Waals surface area contributed by atoms with Gasteiger partial charge in [0.2, 0.25) is 0 Å². The van der Waals surface area contributed by atoms with Crippen LogP contribution in [-0.4, -0.2) is 0 Å². The minimum atomic E-state index is -0.547. The second kappa shape index (κ2) is 15.6. The molecule has 0 spiro atoms. The fourth-order valence-corrected chi connectivity index (χ4v) is 11.7. The van der Waals surface area contributed by atoms with Crippen molar-refractivity contribution in [3.05, 3.63) is 283 Å². The Bertz CT molecular complexity index is 4090. The standard InChI is InChI=1S/C67H43NO/c1-3-21-49(22-4-1)67(50-23-5-2-6-24-50)60-30-15-13-29-56(60)66-61(67)31-17-33-63(66)68(51-37-34-44(35-38-51)57-41-47-20-9-10-25-52(47)54-27-11-12-28-55(54)57)62-32-16-14-26-53(62)48-36-39-64-58(42-48)59-40-45-18-7-8-19-46(45)43-65(59)69-64/h1-43H. The quantitative estimate of drug-likeness (QED) is 0.148. The Hall–Kier alpha value is -8.98. The number of furan rings is 1. The van der Waals surface area contributed by atoms with E-state index in [1.807, 2.05) is 0 Å². The molecule has 2 heteroatoms. The molecule has 1 aliphatic rings. The van der Waals surface area contributed by atoms with Crippen LogP contribution in [0.2, 0.25) is 0 Å². The SMILES string of the molecule is c1ccc(C2(c3ccccc3)c3ccccc3-c3c(N(c4ccc(-c5cc6ccccc6c6ccccc56)cc4)c4ccccc4-c4ccc5oc6cc7ccccc7cc6c5c4)cccc32)cc1. The number of fused-ring (bicyclic) bond motifs is 10. The summed E-state index contributed by atoms with van der Waals surface area (Å²) in [6.45, 7) is 0. The summed E-state index contributed by atoms with van der Waals surface area (Å²) in [6.07, 6.45) is 0. The van der Waals surface area contributed by atoms with Gasteiger partial charge in [0.05, 0.1) is 16.8 Å². The van der Waals surface area contributed by atoms with Gasteiger partial charge in [-0.1, -0.05) is 206 Å². The van der Waals surface area contributed by atoms with E-state index in [0.717, 1.165) is 50.1 Å². The van der Waals surface area contributed by atoms with Crippen LogP contribution in [0, 0.1) is 0 Å². The first kappa shape index (κ1) is 39.2. The Labute approximate surface area is 400 Å². The lowest BCUT2D eigenvalue weighted by Crippen LogP contribution is -2.28. The molecule has 0 saturated heterocycles. The minimum Gasteiger partial charge on any atom is -0.456 e. The number of rotatable bonds is 7. The van der Waals surface area contributed by atoms with E-state index < -0.39 is 5.41 Å². The first-order chi connectivity index (χ1) is 34.2. The second-order valence-electron chi connectivity index (χ2n) is 18.3. The summed E-state index contributed by atoms with van der Waals surface area (Å²) in [5, 5.41) is 9.61. The van der Waals surface area contributed by atoms with Crippen LogP contribution >= 0.6 is 0 Å². The number of anilines is 3. The van der Waals surface area contributed by atoms with E-state index in [-0.39, 0.29) is 0 Å². The molecule has 0 unspecified atom stereocenters. The van der Waals surface area contributed by atoms with Crippen LogP contribution < -0.4 is 4.90 Å². The smallest absolute Gasteiger partial charge is 0.136 e. The van der Waals surface area contributed by atoms with Crippen molar-refractivity contribution in [1.82, 2.24) is 0 Å². The van der Waals surface area contributed by atoms with E-state index in [4.69, 9.17) is 4.42 Å². The molecule has 0 aliphatic heterocycles. The lowest BCUT2D eigenvalue weighted by Gasteiger charge is -2.34. The maximum absolute atomic E-state index is 6.53. The van der Waals surface area contributed by atoms with E-state index in [1.54, 1.807) is 0 Å². The predicted octanol–water partition coefficient (Wildman–Crippen LogP) is 18.2. The van der Waals surface area contributed by atoms with Gasteiger partial charge in [-0.05, 0) is 131 Å². The third kappa shape index (κ3) is 5.99. The first-order valence-electron chi connectivity index (χ1n) is 23.8. The van der Waals surface area contributed by atoms with Gasteiger partial charge in [-0.3, -0.25) is 0 Å². The van der Waals surface area contributed by atoms with Crippen LogP contribution in [-0.2, 0) is 5.41 Å². The van der Waals surface area contributed by atoms with Crippen molar-refractivity contribution in [3.63, 3.8) is 0 Å². The van der Waals surface area contributed by atoms with E-state index in [9.17, 15) is 0 Å². The summed E-state index contributed by atoms with van der Waals surface area (Å²) < 4.78 is 6.53. The summed E-state index contributed by atoms with van der Waals surface area (Å²) in [4.78, 5) is 2.50. The number of nitrogens with zero attached hydrogens (tertiary/aromatic N) is 1. The average Bonchev–Trinajstić information content (AvgIpc) is 3.94. The van der Waals surface area contributed by atoms with Gasteiger partial charge in [-0.25, -0.2) is 0 Å². The second-order valence-corrected chi connectivity index (χ2v) is 18.3. The molecule has 1 heterocycles. The maximum atomic E-state index is 6.53. The Kier molecular flexibility index (Phi) is 8.84. The van der Waals surface area contributed by atoms with Crippen LogP contribution in [0.3, 0.4) is 0 Å². The fourth-order valence-electron chi connectivity index (χ4n) is 11.7. The number of benzene rings is 12. The zero-order valence-electron chi connectivity index (χ0n) is 37.7. The third-order valence-corrected chi connectivity index (χ3v) is 14.7. The van der Waals surface area contributed by atoms with Crippen LogP contribution in [0.15, 0.2) is 265 Å². The molecule has 0 amide bonds. The molecule has 1 aromatic heterocycles. The summed E-state index contributed by atoms with van der Waals surface area (Å²) >= 11 is 0. The number of hydrogen-bond donors (Lipinski definition) is 0. The molecule has 2 nitrogen and oxygen atoms in total. The van der Waals surface area contributed by atoms with E-state index in [0.29, 0.717) is 0 Å². The van der Waals surface area contributed by atoms with Gasteiger partial charge >= 0.3 is 0 Å². The molecule has 0 N–H and O–H groups in total. The van der Waals surface area contributed by atoms with Crippen molar-refractivity contribution < 1.29 is 4.42 Å². The van der Waals surface area contributed by atoms with Crippen LogP contribution in [0.5, 0.6) is 0 Å². The highest BCUT2D eigenvalue weighted by atomic mass is 16.3. The molecular weight excluding hydrogens is 835 g/mol. The van der Waals surface area contributed by atoms with Crippen LogP contribution in [0.1, 0.15) is 22.3 Å². The number of para-hydroxylation sites is 1. The molecule has 0 fully saturated rings. The Morgan fingerprint density at radius 3 is 1.64 bits per heavy atom. The highest BCUT2D eigenvalue weighted by Crippen LogP contribution is 2.60. The maximum Gasteiger partial charge on any atom is 0.136 e. The molecule has 0 bridgehead atoms. The van der Waals surface area contributed by atoms with Gasteiger partial charge in [0.15, 0.2) is 0 Å². The molecule has 14 rings (SSSR count). The molecule has 13 aromatic rings. The van der Waals surface area contributed by atoms with Crippen molar-refractivity contribution in [3.8, 4) is 33.4 Å². The highest BCUT2D eigenvalue weighted by molar-refractivity contribution is 6.14. The van der Waals surface area contributed by atoms with Crippen molar-refractivity contribution >= 4 is 71.3 Å². The van der Waals surface area contributed by atoms with Crippen LogP contribution in [0.25, 0.3) is 87.6 Å². The van der Waals surface area contributed by atoms with E-state index >= 15 is 0 Å². The molecule has 322 valence electrons. The third-order valence-electron chi connectivity index (χ3n) is 14.7. The van der Waals surface area contributed by atoms with Gasteiger partial charge < -0.3 is 9.32 Å². The first-order valence-corrected chi connectivity index (χ1v) is 23.8. The monoisotopic (exact) mass is 877 g/mol. The summed E-state index contributed by atoms with van der Waals surface area (Å²) in [7, 11) is 0. The van der Waals surface area contributed by atoms with E-state index in [2.05, 4.69) is 266 Å². The Balaban J connectivity index is 1.02. The number of hydrogen-bond acceptors (Lipinski definition) is 2. The molecule has 12 aromatic carbocycles.